The minimum Gasteiger partial charge on any atom is -0.387 e. The van der Waals surface area contributed by atoms with Gasteiger partial charge >= 0.3 is 7.82 Å². The van der Waals surface area contributed by atoms with Crippen LogP contribution in [0.25, 0.3) is 11.2 Å². The monoisotopic (exact) mass is 503 g/mol. The molecule has 1 fully saturated rings. The topological polar surface area (TPSA) is 186 Å². The van der Waals surface area contributed by atoms with Crippen LogP contribution in [-0.4, -0.2) is 64.4 Å². The molecule has 6 N–H and O–H groups in total. The fourth-order valence-electron chi connectivity index (χ4n) is 3.22. The highest BCUT2D eigenvalue weighted by molar-refractivity contribution is 7.98. The molecule has 4 atom stereocenters. The lowest BCUT2D eigenvalue weighted by Gasteiger charge is -2.19. The number of nitrogen functional groups attached to an aromatic ring is 1. The fourth-order valence-corrected chi connectivity index (χ4v) is 4.66. The number of phosphoric acid groups is 1. The lowest BCUT2D eigenvalue weighted by atomic mass is 10.1. The first-order valence-electron chi connectivity index (χ1n) is 9.21. The van der Waals surface area contributed by atoms with Gasteiger partial charge in [0.05, 0.1) is 6.61 Å². The molecule has 2 aromatic heterocycles. The Morgan fingerprint density at radius 2 is 1.94 bits per heavy atom. The summed E-state index contributed by atoms with van der Waals surface area (Å²) in [5.74, 6) is 0.612. The molecule has 3 heterocycles. The summed E-state index contributed by atoms with van der Waals surface area (Å²) >= 11 is 7.24. The zero-order valence-electron chi connectivity index (χ0n) is 16.2. The number of benzene rings is 1. The quantitative estimate of drug-likeness (QED) is 0.228. The van der Waals surface area contributed by atoms with E-state index in [0.29, 0.717) is 15.9 Å². The Labute approximate surface area is 190 Å². The summed E-state index contributed by atoms with van der Waals surface area (Å²) in [4.78, 5) is 30.4. The predicted molar refractivity (Wildman–Crippen MR) is 115 cm³/mol. The number of aliphatic hydroxyl groups excluding tert-OH is 2. The molecule has 0 spiro atoms. The Hall–Kier alpha value is -1.80. The van der Waals surface area contributed by atoms with Crippen molar-refractivity contribution in [3.63, 3.8) is 0 Å². The first-order chi connectivity index (χ1) is 15.1. The van der Waals surface area contributed by atoms with Gasteiger partial charge in [-0.2, -0.15) is 0 Å². The van der Waals surface area contributed by atoms with E-state index in [9.17, 15) is 14.8 Å². The number of anilines is 1. The maximum Gasteiger partial charge on any atom is 0.469 e. The molecule has 1 aliphatic heterocycles. The number of phosphoric ester groups is 1. The lowest BCUT2D eigenvalue weighted by molar-refractivity contribution is -0.0541. The minimum atomic E-state index is -4.79. The van der Waals surface area contributed by atoms with Crippen LogP contribution in [0.5, 0.6) is 0 Å². The lowest BCUT2D eigenvalue weighted by Crippen LogP contribution is -2.33. The summed E-state index contributed by atoms with van der Waals surface area (Å²) in [6, 6.07) is 7.23. The smallest absolute Gasteiger partial charge is 0.387 e. The number of imidazole rings is 1. The molecule has 1 unspecified atom stereocenters. The number of hydrogen-bond acceptors (Lipinski definition) is 10. The summed E-state index contributed by atoms with van der Waals surface area (Å²) in [5.41, 5.74) is 7.44. The van der Waals surface area contributed by atoms with Gasteiger partial charge in [0.1, 0.15) is 24.6 Å². The minimum absolute atomic E-state index is 0.122. The van der Waals surface area contributed by atoms with Crippen molar-refractivity contribution < 1.29 is 33.8 Å². The summed E-state index contributed by atoms with van der Waals surface area (Å²) in [5, 5.41) is 22.0. The number of ether oxygens (including phenoxy) is 1. The Kier molecular flexibility index (Phi) is 6.73. The SMILES string of the molecule is Nc1ncnc2c1nc(SCc1ccc(Cl)cc1)n2C1O[C@H](COP(=O)(O)O)[C@@H](O)[C@H]1O. The van der Waals surface area contributed by atoms with Crippen LogP contribution >= 0.6 is 31.2 Å². The van der Waals surface area contributed by atoms with Crippen molar-refractivity contribution in [2.45, 2.75) is 35.4 Å². The third-order valence-corrected chi connectivity index (χ3v) is 6.51. The molecular weight excluding hydrogens is 485 g/mol. The number of halogens is 1. The molecule has 0 bridgehead atoms. The maximum atomic E-state index is 11.0. The Bertz CT molecular complexity index is 1160. The summed E-state index contributed by atoms with van der Waals surface area (Å²) in [6.07, 6.45) is -4.06. The average molecular weight is 504 g/mol. The number of nitrogens with two attached hydrogens (primary N) is 1. The van der Waals surface area contributed by atoms with Crippen molar-refractivity contribution >= 4 is 48.2 Å². The number of thioether (sulfide) groups is 1. The van der Waals surface area contributed by atoms with Gasteiger partial charge in [-0.25, -0.2) is 19.5 Å². The van der Waals surface area contributed by atoms with E-state index in [4.69, 9.17) is 31.9 Å². The van der Waals surface area contributed by atoms with E-state index in [1.807, 2.05) is 12.1 Å². The predicted octanol–water partition coefficient (Wildman–Crippen LogP) is 1.08. The first-order valence-corrected chi connectivity index (χ1v) is 12.1. The van der Waals surface area contributed by atoms with E-state index in [0.717, 1.165) is 5.56 Å². The number of nitrogens with zero attached hydrogens (tertiary/aromatic N) is 4. The Balaban J connectivity index is 1.66. The van der Waals surface area contributed by atoms with E-state index >= 15 is 0 Å². The fraction of sp³-hybridized carbons (Fsp3) is 0.353. The molecule has 32 heavy (non-hydrogen) atoms. The molecule has 15 heteroatoms. The van der Waals surface area contributed by atoms with Gasteiger partial charge < -0.3 is 30.5 Å². The van der Waals surface area contributed by atoms with E-state index in [1.165, 1.54) is 22.7 Å². The summed E-state index contributed by atoms with van der Waals surface area (Å²) in [7, 11) is -4.79. The van der Waals surface area contributed by atoms with Crippen LogP contribution < -0.4 is 5.73 Å². The molecule has 0 aliphatic carbocycles. The molecule has 1 aliphatic rings. The van der Waals surface area contributed by atoms with Crippen LogP contribution in [0.15, 0.2) is 35.7 Å². The second kappa shape index (κ2) is 9.21. The third kappa shape index (κ3) is 4.91. The third-order valence-electron chi connectivity index (χ3n) is 4.75. The van der Waals surface area contributed by atoms with Crippen molar-refractivity contribution in [2.75, 3.05) is 12.3 Å². The van der Waals surface area contributed by atoms with Crippen molar-refractivity contribution in [2.24, 2.45) is 0 Å². The number of rotatable bonds is 7. The van der Waals surface area contributed by atoms with Crippen LogP contribution in [-0.2, 0) is 19.6 Å². The normalized spacial score (nSPS) is 23.8. The Morgan fingerprint density at radius 3 is 2.62 bits per heavy atom. The van der Waals surface area contributed by atoms with E-state index < -0.39 is 39.0 Å². The highest BCUT2D eigenvalue weighted by Gasteiger charge is 2.46. The van der Waals surface area contributed by atoms with Gasteiger partial charge in [-0.15, -0.1) is 0 Å². The molecule has 12 nitrogen and oxygen atoms in total. The molecular formula is C17H19ClN5O7PS. The molecule has 0 saturated carbocycles. The highest BCUT2D eigenvalue weighted by atomic mass is 35.5. The zero-order chi connectivity index (χ0) is 23.0. The van der Waals surface area contributed by atoms with Crippen LogP contribution in [0.4, 0.5) is 5.82 Å². The second-order valence-electron chi connectivity index (χ2n) is 6.94. The molecule has 0 amide bonds. The van der Waals surface area contributed by atoms with Crippen LogP contribution in [0.1, 0.15) is 11.8 Å². The van der Waals surface area contributed by atoms with Gasteiger partial charge in [0.15, 0.2) is 28.4 Å². The second-order valence-corrected chi connectivity index (χ2v) is 9.56. The molecule has 1 aromatic carbocycles. The molecule has 4 rings (SSSR count). The molecule has 0 radical (unpaired) electrons. The summed E-state index contributed by atoms with van der Waals surface area (Å²) in [6.45, 7) is -0.629. The highest BCUT2D eigenvalue weighted by Crippen LogP contribution is 2.40. The van der Waals surface area contributed by atoms with E-state index in [-0.39, 0.29) is 17.0 Å². The van der Waals surface area contributed by atoms with Gasteiger partial charge in [-0.1, -0.05) is 35.5 Å². The summed E-state index contributed by atoms with van der Waals surface area (Å²) < 4.78 is 22.6. The van der Waals surface area contributed by atoms with Gasteiger partial charge in [-0.3, -0.25) is 9.09 Å². The maximum absolute atomic E-state index is 11.0. The molecule has 3 aromatic rings. The van der Waals surface area contributed by atoms with Crippen molar-refractivity contribution in [3.8, 4) is 0 Å². The molecule has 1 saturated heterocycles. The van der Waals surface area contributed by atoms with Crippen LogP contribution in [0, 0.1) is 0 Å². The van der Waals surface area contributed by atoms with Gasteiger partial charge in [0.2, 0.25) is 0 Å². The van der Waals surface area contributed by atoms with Gasteiger partial charge in [-0.05, 0) is 17.7 Å². The van der Waals surface area contributed by atoms with E-state index in [2.05, 4.69) is 19.5 Å². The van der Waals surface area contributed by atoms with E-state index in [1.54, 1.807) is 12.1 Å². The number of aromatic nitrogens is 4. The number of hydrogen-bond donors (Lipinski definition) is 5. The van der Waals surface area contributed by atoms with Gasteiger partial charge in [0, 0.05) is 10.8 Å². The Morgan fingerprint density at radius 1 is 1.22 bits per heavy atom. The first kappa shape index (κ1) is 23.4. The number of aliphatic hydroxyl groups is 2. The van der Waals surface area contributed by atoms with Crippen LogP contribution in [0.3, 0.4) is 0 Å². The standard InChI is InChI=1S/C17H19ClN5O7PS/c18-9-3-1-8(2-4-9)6-32-17-22-11-14(19)20-7-21-15(11)23(17)16-13(25)12(24)10(30-16)5-29-31(26,27)28/h1-4,7,10,12-13,16,24-25H,5-6H2,(H2,19,20,21)(H2,26,27,28)/t10-,12-,13-,16?/m1/s1. The van der Waals surface area contributed by atoms with Gasteiger partial charge in [0.25, 0.3) is 0 Å². The zero-order valence-corrected chi connectivity index (χ0v) is 18.7. The largest absolute Gasteiger partial charge is 0.469 e. The number of fused-ring (bicyclic) bond motifs is 1. The van der Waals surface area contributed by atoms with Crippen LogP contribution in [0.2, 0.25) is 5.02 Å². The average Bonchev–Trinajstić information content (AvgIpc) is 3.24. The van der Waals surface area contributed by atoms with Crippen molar-refractivity contribution in [1.29, 1.82) is 0 Å². The molecule has 172 valence electrons. The van der Waals surface area contributed by atoms with Crippen molar-refractivity contribution in [1.82, 2.24) is 19.5 Å². The van der Waals surface area contributed by atoms with Crippen molar-refractivity contribution in [3.05, 3.63) is 41.2 Å².